The Balaban J connectivity index is 2.16. The topological polar surface area (TPSA) is 55.4 Å². The molecule has 1 saturated heterocycles. The molecule has 19 heavy (non-hydrogen) atoms. The number of nitrogens with one attached hydrogen (secondary N) is 1. The van der Waals surface area contributed by atoms with Crippen molar-refractivity contribution in [3.8, 4) is 0 Å². The second-order valence-electron chi connectivity index (χ2n) is 4.85. The summed E-state index contributed by atoms with van der Waals surface area (Å²) in [6.07, 6.45) is 1.91. The van der Waals surface area contributed by atoms with Gasteiger partial charge in [0.25, 0.3) is 0 Å². The lowest BCUT2D eigenvalue weighted by molar-refractivity contribution is 0.114. The number of hydrogen-bond donors (Lipinski definition) is 1. The molecular weight excluding hydrogens is 330 g/mol. The van der Waals surface area contributed by atoms with Gasteiger partial charge in [-0.1, -0.05) is 0 Å². The minimum absolute atomic E-state index is 0.0000887. The molecule has 0 saturated carbocycles. The minimum atomic E-state index is -3.49. The zero-order valence-electron chi connectivity index (χ0n) is 11.1. The molecule has 2 rings (SSSR count). The first kappa shape index (κ1) is 15.0. The van der Waals surface area contributed by atoms with Crippen molar-refractivity contribution < 1.29 is 13.2 Å². The maximum atomic E-state index is 12.3. The molecular formula is C13H18BrNO3S. The van der Waals surface area contributed by atoms with E-state index in [0.29, 0.717) is 11.0 Å². The number of hydrogen-bond acceptors (Lipinski definition) is 3. The van der Waals surface area contributed by atoms with Gasteiger partial charge in [0.15, 0.2) is 0 Å². The lowest BCUT2D eigenvalue weighted by Gasteiger charge is -2.13. The van der Waals surface area contributed by atoms with Gasteiger partial charge in [0, 0.05) is 17.6 Å². The Kier molecular flexibility index (Phi) is 4.66. The highest BCUT2D eigenvalue weighted by molar-refractivity contribution is 9.10. The van der Waals surface area contributed by atoms with Gasteiger partial charge in [-0.15, -0.1) is 0 Å². The quantitative estimate of drug-likeness (QED) is 0.910. The predicted molar refractivity (Wildman–Crippen MR) is 77.8 cm³/mol. The van der Waals surface area contributed by atoms with Crippen LogP contribution in [0.3, 0.4) is 0 Å². The highest BCUT2D eigenvalue weighted by Crippen LogP contribution is 2.25. The fourth-order valence-corrected chi connectivity index (χ4v) is 4.35. The number of sulfonamides is 1. The Morgan fingerprint density at radius 2 is 2.05 bits per heavy atom. The van der Waals surface area contributed by atoms with Crippen LogP contribution in [-0.2, 0) is 14.8 Å². The summed E-state index contributed by atoms with van der Waals surface area (Å²) in [4.78, 5) is 0.286. The van der Waals surface area contributed by atoms with E-state index in [0.717, 1.165) is 30.6 Å². The molecule has 1 aromatic rings. The van der Waals surface area contributed by atoms with Crippen molar-refractivity contribution >= 4 is 26.0 Å². The van der Waals surface area contributed by atoms with E-state index in [1.807, 2.05) is 19.9 Å². The molecule has 0 aromatic heterocycles. The van der Waals surface area contributed by atoms with Crippen molar-refractivity contribution in [1.82, 2.24) is 4.72 Å². The van der Waals surface area contributed by atoms with E-state index in [4.69, 9.17) is 4.74 Å². The third kappa shape index (κ3) is 3.56. The van der Waals surface area contributed by atoms with Gasteiger partial charge in [-0.2, -0.15) is 0 Å². The van der Waals surface area contributed by atoms with Crippen LogP contribution in [0, 0.1) is 13.8 Å². The summed E-state index contributed by atoms with van der Waals surface area (Å²) < 4.78 is 33.2. The highest BCUT2D eigenvalue weighted by Gasteiger charge is 2.22. The van der Waals surface area contributed by atoms with Gasteiger partial charge in [-0.3, -0.25) is 0 Å². The number of aryl methyl sites for hydroxylation is 2. The first-order valence-electron chi connectivity index (χ1n) is 6.28. The maximum Gasteiger partial charge on any atom is 0.241 e. The zero-order chi connectivity index (χ0) is 14.0. The smallest absolute Gasteiger partial charge is 0.241 e. The van der Waals surface area contributed by atoms with E-state index in [1.54, 1.807) is 6.07 Å². The van der Waals surface area contributed by atoms with Crippen LogP contribution in [0.1, 0.15) is 24.0 Å². The van der Waals surface area contributed by atoms with Crippen LogP contribution in [0.2, 0.25) is 0 Å². The standard InChI is InChI=1S/C13H18BrNO3S/c1-9-6-12(14)13(7-10(9)2)19(16,17)15-8-11-4-3-5-18-11/h6-7,11,15H,3-5,8H2,1-2H3/t11-/m0/s1. The van der Waals surface area contributed by atoms with Crippen LogP contribution >= 0.6 is 15.9 Å². The number of halogens is 1. The molecule has 4 nitrogen and oxygen atoms in total. The van der Waals surface area contributed by atoms with Crippen molar-refractivity contribution in [2.75, 3.05) is 13.2 Å². The zero-order valence-corrected chi connectivity index (χ0v) is 13.5. The Hall–Kier alpha value is -0.430. The fourth-order valence-electron chi connectivity index (χ4n) is 2.05. The summed E-state index contributed by atoms with van der Waals surface area (Å²) in [6.45, 7) is 4.92. The van der Waals surface area contributed by atoms with Gasteiger partial charge in [-0.05, 0) is 65.9 Å². The van der Waals surface area contributed by atoms with E-state index in [9.17, 15) is 8.42 Å². The molecule has 0 bridgehead atoms. The maximum absolute atomic E-state index is 12.3. The van der Waals surface area contributed by atoms with Crippen molar-refractivity contribution in [2.24, 2.45) is 0 Å². The van der Waals surface area contributed by atoms with E-state index < -0.39 is 10.0 Å². The largest absolute Gasteiger partial charge is 0.377 e. The molecule has 0 spiro atoms. The fraction of sp³-hybridized carbons (Fsp3) is 0.538. The lowest BCUT2D eigenvalue weighted by Crippen LogP contribution is -2.32. The minimum Gasteiger partial charge on any atom is -0.377 e. The molecule has 1 N–H and O–H groups in total. The van der Waals surface area contributed by atoms with Crippen LogP contribution in [0.4, 0.5) is 0 Å². The summed E-state index contributed by atoms with van der Waals surface area (Å²) in [5.74, 6) is 0. The normalized spacial score (nSPS) is 19.8. The van der Waals surface area contributed by atoms with Crippen LogP contribution in [0.15, 0.2) is 21.5 Å². The molecule has 0 amide bonds. The van der Waals surface area contributed by atoms with Gasteiger partial charge >= 0.3 is 0 Å². The monoisotopic (exact) mass is 347 g/mol. The Morgan fingerprint density at radius 3 is 2.68 bits per heavy atom. The summed E-state index contributed by atoms with van der Waals surface area (Å²) in [5, 5.41) is 0. The van der Waals surface area contributed by atoms with E-state index in [2.05, 4.69) is 20.7 Å². The van der Waals surface area contributed by atoms with Crippen molar-refractivity contribution in [3.05, 3.63) is 27.7 Å². The van der Waals surface area contributed by atoms with Crippen molar-refractivity contribution in [1.29, 1.82) is 0 Å². The number of ether oxygens (including phenoxy) is 1. The molecule has 1 aliphatic heterocycles. The molecule has 1 heterocycles. The first-order valence-corrected chi connectivity index (χ1v) is 8.56. The highest BCUT2D eigenvalue weighted by atomic mass is 79.9. The molecule has 1 aliphatic rings. The summed E-state index contributed by atoms with van der Waals surface area (Å²) in [5.41, 5.74) is 2.02. The van der Waals surface area contributed by atoms with E-state index in [-0.39, 0.29) is 11.0 Å². The number of rotatable bonds is 4. The van der Waals surface area contributed by atoms with Crippen molar-refractivity contribution in [2.45, 2.75) is 37.7 Å². The molecule has 0 aliphatic carbocycles. The van der Waals surface area contributed by atoms with Gasteiger partial charge < -0.3 is 4.74 Å². The third-order valence-electron chi connectivity index (χ3n) is 3.36. The first-order chi connectivity index (χ1) is 8.90. The Labute approximate surface area is 122 Å². The summed E-state index contributed by atoms with van der Waals surface area (Å²) >= 11 is 3.32. The van der Waals surface area contributed by atoms with E-state index in [1.165, 1.54) is 0 Å². The van der Waals surface area contributed by atoms with Crippen LogP contribution in [0.25, 0.3) is 0 Å². The summed E-state index contributed by atoms with van der Waals surface area (Å²) in [7, 11) is -3.49. The van der Waals surface area contributed by atoms with E-state index >= 15 is 0 Å². The average molecular weight is 348 g/mol. The Bertz CT molecular complexity index is 565. The third-order valence-corrected chi connectivity index (χ3v) is 5.74. The Morgan fingerprint density at radius 1 is 1.37 bits per heavy atom. The molecule has 106 valence electrons. The molecule has 0 unspecified atom stereocenters. The second kappa shape index (κ2) is 5.91. The van der Waals surface area contributed by atoms with Crippen LogP contribution in [0.5, 0.6) is 0 Å². The molecule has 0 radical (unpaired) electrons. The van der Waals surface area contributed by atoms with Gasteiger partial charge in [0.05, 0.1) is 11.0 Å². The SMILES string of the molecule is Cc1cc(Br)c(S(=O)(=O)NC[C@@H]2CCCO2)cc1C. The molecule has 6 heteroatoms. The van der Waals surface area contributed by atoms with Gasteiger partial charge in [0.1, 0.15) is 0 Å². The molecule has 1 aromatic carbocycles. The lowest BCUT2D eigenvalue weighted by atomic mass is 10.1. The molecule has 1 fully saturated rings. The predicted octanol–water partition coefficient (Wildman–Crippen LogP) is 2.52. The number of benzene rings is 1. The second-order valence-corrected chi connectivity index (χ2v) is 7.44. The van der Waals surface area contributed by atoms with Crippen LogP contribution in [-0.4, -0.2) is 27.7 Å². The van der Waals surface area contributed by atoms with Crippen molar-refractivity contribution in [3.63, 3.8) is 0 Å². The average Bonchev–Trinajstić information content (AvgIpc) is 2.84. The van der Waals surface area contributed by atoms with Gasteiger partial charge in [0.2, 0.25) is 10.0 Å². The van der Waals surface area contributed by atoms with Gasteiger partial charge in [-0.25, -0.2) is 13.1 Å². The summed E-state index contributed by atoms with van der Waals surface area (Å²) in [6, 6.07) is 3.52. The van der Waals surface area contributed by atoms with Crippen LogP contribution < -0.4 is 4.72 Å². The molecule has 1 atom stereocenters.